The van der Waals surface area contributed by atoms with Gasteiger partial charge in [-0.2, -0.15) is 0 Å². The molecule has 1 aromatic rings. The molecule has 0 spiro atoms. The topological polar surface area (TPSA) is 42.0 Å². The molecule has 16 heavy (non-hydrogen) atoms. The zero-order valence-electron chi connectivity index (χ0n) is 9.08. The minimum absolute atomic E-state index is 0.272. The van der Waals surface area contributed by atoms with Crippen molar-refractivity contribution in [2.45, 2.75) is 31.7 Å². The maximum Gasteiger partial charge on any atom is 0.140 e. The van der Waals surface area contributed by atoms with Crippen molar-refractivity contribution in [1.82, 2.24) is 10.3 Å². The molecule has 0 aromatic carbocycles. The molecule has 4 heteroatoms. The molecule has 1 unspecified atom stereocenters. The summed E-state index contributed by atoms with van der Waals surface area (Å²) in [4.78, 5) is 16.0. The third kappa shape index (κ3) is 3.39. The van der Waals surface area contributed by atoms with E-state index >= 15 is 0 Å². The predicted octanol–water partition coefficient (Wildman–Crippen LogP) is 2.10. The lowest BCUT2D eigenvalue weighted by atomic mass is 10.1. The summed E-state index contributed by atoms with van der Waals surface area (Å²) in [7, 11) is 0. The van der Waals surface area contributed by atoms with Gasteiger partial charge in [0.25, 0.3) is 0 Å². The molecule has 1 fully saturated rings. The van der Waals surface area contributed by atoms with E-state index in [2.05, 4.69) is 26.2 Å². The van der Waals surface area contributed by atoms with Gasteiger partial charge in [-0.25, -0.2) is 0 Å². The van der Waals surface area contributed by atoms with Crippen molar-refractivity contribution in [3.8, 4) is 0 Å². The fourth-order valence-electron chi connectivity index (χ4n) is 1.99. The Morgan fingerprint density at radius 2 is 2.44 bits per heavy atom. The summed E-state index contributed by atoms with van der Waals surface area (Å²) in [5.41, 5.74) is 0.853. The van der Waals surface area contributed by atoms with Gasteiger partial charge in [-0.15, -0.1) is 0 Å². The fraction of sp³-hybridized carbons (Fsp3) is 0.500. The van der Waals surface area contributed by atoms with Crippen molar-refractivity contribution >= 4 is 21.7 Å². The number of hydrogen-bond acceptors (Lipinski definition) is 3. The van der Waals surface area contributed by atoms with Gasteiger partial charge in [0.2, 0.25) is 0 Å². The van der Waals surface area contributed by atoms with Crippen LogP contribution in [0.25, 0.3) is 0 Å². The molecule has 0 saturated carbocycles. The van der Waals surface area contributed by atoms with E-state index in [1.54, 1.807) is 6.20 Å². The van der Waals surface area contributed by atoms with Gasteiger partial charge in [-0.3, -0.25) is 9.78 Å². The number of carbonyl (C=O) groups excluding carboxylic acids is 1. The molecule has 1 aromatic heterocycles. The van der Waals surface area contributed by atoms with Gasteiger partial charge in [0.05, 0.1) is 0 Å². The number of ketones is 1. The Labute approximate surface area is 104 Å². The minimum atomic E-state index is 0.272. The van der Waals surface area contributed by atoms with Crippen molar-refractivity contribution in [1.29, 1.82) is 0 Å². The summed E-state index contributed by atoms with van der Waals surface area (Å²) in [6.07, 6.45) is 5.13. The number of nitrogens with one attached hydrogen (secondary N) is 1. The van der Waals surface area contributed by atoms with Gasteiger partial charge >= 0.3 is 0 Å². The van der Waals surface area contributed by atoms with E-state index in [-0.39, 0.29) is 5.78 Å². The summed E-state index contributed by atoms with van der Waals surface area (Å²) in [5.74, 6) is 0.272. The van der Waals surface area contributed by atoms with Gasteiger partial charge in [0.1, 0.15) is 5.78 Å². The SMILES string of the molecule is O=C(Cc1ccc(Br)cn1)CC1CCCN1. The zero-order valence-corrected chi connectivity index (χ0v) is 10.7. The lowest BCUT2D eigenvalue weighted by molar-refractivity contribution is -0.118. The number of hydrogen-bond donors (Lipinski definition) is 1. The number of aromatic nitrogens is 1. The molecule has 1 aliphatic rings. The van der Waals surface area contributed by atoms with E-state index in [9.17, 15) is 4.79 Å². The van der Waals surface area contributed by atoms with E-state index in [4.69, 9.17) is 0 Å². The van der Waals surface area contributed by atoms with E-state index in [0.29, 0.717) is 18.9 Å². The first-order valence-electron chi connectivity index (χ1n) is 5.59. The Bertz CT molecular complexity index is 358. The highest BCUT2D eigenvalue weighted by Crippen LogP contribution is 2.12. The van der Waals surface area contributed by atoms with Crippen molar-refractivity contribution in [2.75, 3.05) is 6.54 Å². The van der Waals surface area contributed by atoms with Crippen LogP contribution in [0.3, 0.4) is 0 Å². The smallest absolute Gasteiger partial charge is 0.140 e. The Hall–Kier alpha value is -0.740. The molecule has 0 aliphatic carbocycles. The quantitative estimate of drug-likeness (QED) is 0.920. The van der Waals surface area contributed by atoms with Gasteiger partial charge in [0.15, 0.2) is 0 Å². The molecule has 0 bridgehead atoms. The number of nitrogens with zero attached hydrogens (tertiary/aromatic N) is 1. The summed E-state index contributed by atoms with van der Waals surface area (Å²) < 4.78 is 0.946. The van der Waals surface area contributed by atoms with Crippen LogP contribution in [-0.2, 0) is 11.2 Å². The first kappa shape index (κ1) is 11.7. The van der Waals surface area contributed by atoms with Crippen LogP contribution >= 0.6 is 15.9 Å². The minimum Gasteiger partial charge on any atom is -0.314 e. The molecule has 86 valence electrons. The lowest BCUT2D eigenvalue weighted by Crippen LogP contribution is -2.25. The number of halogens is 1. The van der Waals surface area contributed by atoms with Crippen LogP contribution in [0.15, 0.2) is 22.8 Å². The Morgan fingerprint density at radius 3 is 3.06 bits per heavy atom. The van der Waals surface area contributed by atoms with E-state index in [1.807, 2.05) is 12.1 Å². The maximum absolute atomic E-state index is 11.8. The molecule has 0 amide bonds. The standard InChI is InChI=1S/C12H15BrN2O/c13-9-3-4-11(15-8-9)7-12(16)6-10-2-1-5-14-10/h3-4,8,10,14H,1-2,5-7H2. The Morgan fingerprint density at radius 1 is 1.56 bits per heavy atom. The fourth-order valence-corrected chi connectivity index (χ4v) is 2.23. The molecular weight excluding hydrogens is 268 g/mol. The highest BCUT2D eigenvalue weighted by molar-refractivity contribution is 9.10. The number of carbonyl (C=O) groups is 1. The monoisotopic (exact) mass is 282 g/mol. The molecular formula is C12H15BrN2O. The van der Waals surface area contributed by atoms with E-state index < -0.39 is 0 Å². The van der Waals surface area contributed by atoms with Crippen molar-refractivity contribution in [3.63, 3.8) is 0 Å². The average molecular weight is 283 g/mol. The molecule has 2 rings (SSSR count). The molecule has 1 N–H and O–H groups in total. The van der Waals surface area contributed by atoms with Crippen molar-refractivity contribution < 1.29 is 4.79 Å². The average Bonchev–Trinajstić information content (AvgIpc) is 2.74. The van der Waals surface area contributed by atoms with Crippen LogP contribution in [0.2, 0.25) is 0 Å². The summed E-state index contributed by atoms with van der Waals surface area (Å²) in [6.45, 7) is 1.05. The second kappa shape index (κ2) is 5.55. The second-order valence-corrected chi connectivity index (χ2v) is 5.10. The number of Topliss-reactive ketones (excluding diaryl/α,β-unsaturated/α-hetero) is 1. The number of rotatable bonds is 4. The first-order chi connectivity index (χ1) is 7.74. The number of pyridine rings is 1. The van der Waals surface area contributed by atoms with Crippen molar-refractivity contribution in [2.24, 2.45) is 0 Å². The summed E-state index contributed by atoms with van der Waals surface area (Å²) in [5, 5.41) is 3.33. The lowest BCUT2D eigenvalue weighted by Gasteiger charge is -2.08. The largest absolute Gasteiger partial charge is 0.314 e. The van der Waals surface area contributed by atoms with Crippen LogP contribution in [0.5, 0.6) is 0 Å². The van der Waals surface area contributed by atoms with Gasteiger partial charge in [0, 0.05) is 35.2 Å². The van der Waals surface area contributed by atoms with E-state index in [1.165, 1.54) is 6.42 Å². The molecule has 1 aliphatic heterocycles. The Kier molecular flexibility index (Phi) is 4.07. The van der Waals surface area contributed by atoms with Gasteiger partial charge in [-0.05, 0) is 47.4 Å². The molecule has 3 nitrogen and oxygen atoms in total. The first-order valence-corrected chi connectivity index (χ1v) is 6.39. The van der Waals surface area contributed by atoms with Crippen LogP contribution in [-0.4, -0.2) is 23.4 Å². The molecule has 1 saturated heterocycles. The normalized spacial score (nSPS) is 19.9. The predicted molar refractivity (Wildman–Crippen MR) is 66.3 cm³/mol. The third-order valence-corrected chi connectivity index (χ3v) is 3.27. The summed E-state index contributed by atoms with van der Waals surface area (Å²) >= 11 is 3.33. The van der Waals surface area contributed by atoms with Crippen LogP contribution in [0.1, 0.15) is 25.0 Å². The Balaban J connectivity index is 1.84. The van der Waals surface area contributed by atoms with Gasteiger partial charge < -0.3 is 5.32 Å². The second-order valence-electron chi connectivity index (χ2n) is 4.18. The molecule has 1 atom stereocenters. The molecule has 2 heterocycles. The van der Waals surface area contributed by atoms with E-state index in [0.717, 1.165) is 23.1 Å². The third-order valence-electron chi connectivity index (χ3n) is 2.80. The van der Waals surface area contributed by atoms with Crippen LogP contribution in [0.4, 0.5) is 0 Å². The zero-order chi connectivity index (χ0) is 11.4. The molecule has 0 radical (unpaired) electrons. The van der Waals surface area contributed by atoms with Crippen LogP contribution < -0.4 is 5.32 Å². The highest BCUT2D eigenvalue weighted by Gasteiger charge is 2.17. The van der Waals surface area contributed by atoms with Crippen molar-refractivity contribution in [3.05, 3.63) is 28.5 Å². The highest BCUT2D eigenvalue weighted by atomic mass is 79.9. The summed E-state index contributed by atoms with van der Waals surface area (Å²) in [6, 6.07) is 4.20. The maximum atomic E-state index is 11.8. The van der Waals surface area contributed by atoms with Gasteiger partial charge in [-0.1, -0.05) is 0 Å². The van der Waals surface area contributed by atoms with Crippen LogP contribution in [0, 0.1) is 0 Å².